The van der Waals surface area contributed by atoms with Crippen LogP contribution in [0.2, 0.25) is 0 Å². The van der Waals surface area contributed by atoms with E-state index in [0.717, 1.165) is 17.7 Å². The molecule has 3 rings (SSSR count). The molecule has 2 aromatic rings. The second-order valence-electron chi connectivity index (χ2n) is 5.39. The highest BCUT2D eigenvalue weighted by atomic mass is 79.9. The number of thioether (sulfide) groups is 1. The van der Waals surface area contributed by atoms with Gasteiger partial charge in [-0.25, -0.2) is 0 Å². The van der Waals surface area contributed by atoms with Crippen molar-refractivity contribution in [3.63, 3.8) is 0 Å². The van der Waals surface area contributed by atoms with E-state index in [1.807, 2.05) is 18.2 Å². The average molecular weight is 405 g/mol. The summed E-state index contributed by atoms with van der Waals surface area (Å²) < 4.78 is 0.603. The number of carbonyl (C=O) groups excluding carboxylic acids is 1. The fourth-order valence-electron chi connectivity index (χ4n) is 2.32. The Bertz CT molecular complexity index is 790. The zero-order valence-electron chi connectivity index (χ0n) is 13.0. The van der Waals surface area contributed by atoms with Crippen LogP contribution in [0, 0.1) is 0 Å². The van der Waals surface area contributed by atoms with Gasteiger partial charge in [0.05, 0.1) is 9.38 Å². The molecule has 1 aliphatic heterocycles. The van der Waals surface area contributed by atoms with Gasteiger partial charge in [-0.15, -0.1) is 0 Å². The first-order valence-corrected chi connectivity index (χ1v) is 9.25. The van der Waals surface area contributed by atoms with Crippen molar-refractivity contribution in [3.05, 3.63) is 63.0 Å². The Morgan fingerprint density at radius 1 is 1.29 bits per heavy atom. The highest BCUT2D eigenvalue weighted by molar-refractivity contribution is 9.10. The molecular weight excluding hydrogens is 388 g/mol. The second-order valence-corrected chi connectivity index (χ2v) is 7.39. The number of halogens is 1. The molecule has 0 bridgehead atoms. The first kappa shape index (κ1) is 16.9. The van der Waals surface area contributed by atoms with Crippen molar-refractivity contribution in [1.82, 2.24) is 5.32 Å². The molecular formula is C18H17BrN2O2S. The normalized spacial score (nSPS) is 18.7. The van der Waals surface area contributed by atoms with Gasteiger partial charge in [0.1, 0.15) is 5.75 Å². The van der Waals surface area contributed by atoms with Crippen LogP contribution in [0.5, 0.6) is 5.75 Å². The maximum atomic E-state index is 12.1. The summed E-state index contributed by atoms with van der Waals surface area (Å²) >= 11 is 4.72. The molecule has 1 unspecified atom stereocenters. The maximum Gasteiger partial charge on any atom is 0.260 e. The van der Waals surface area contributed by atoms with E-state index in [1.165, 1.54) is 17.3 Å². The van der Waals surface area contributed by atoms with Crippen molar-refractivity contribution < 1.29 is 9.90 Å². The molecule has 1 atom stereocenters. The first-order valence-electron chi connectivity index (χ1n) is 7.58. The van der Waals surface area contributed by atoms with Crippen molar-refractivity contribution in [2.75, 3.05) is 5.32 Å². The first-order chi connectivity index (χ1) is 11.5. The molecule has 0 saturated carbocycles. The van der Waals surface area contributed by atoms with Crippen LogP contribution in [0.15, 0.2) is 51.8 Å². The van der Waals surface area contributed by atoms with Crippen LogP contribution in [-0.4, -0.2) is 16.5 Å². The van der Waals surface area contributed by atoms with E-state index in [9.17, 15) is 9.90 Å². The van der Waals surface area contributed by atoms with Crippen LogP contribution >= 0.6 is 27.7 Å². The zero-order chi connectivity index (χ0) is 17.1. The van der Waals surface area contributed by atoms with Crippen LogP contribution in [0.4, 0.5) is 5.69 Å². The predicted molar refractivity (Wildman–Crippen MR) is 103 cm³/mol. The lowest BCUT2D eigenvalue weighted by Gasteiger charge is -2.12. The van der Waals surface area contributed by atoms with Gasteiger partial charge in [0.25, 0.3) is 5.91 Å². The van der Waals surface area contributed by atoms with E-state index >= 15 is 0 Å². The molecule has 2 aromatic carbocycles. The smallest absolute Gasteiger partial charge is 0.260 e. The Labute approximate surface area is 153 Å². The number of rotatable bonds is 4. The molecule has 124 valence electrons. The molecule has 0 spiro atoms. The molecule has 1 amide bonds. The van der Waals surface area contributed by atoms with E-state index in [4.69, 9.17) is 0 Å². The third kappa shape index (κ3) is 3.94. The Morgan fingerprint density at radius 3 is 2.71 bits per heavy atom. The topological polar surface area (TPSA) is 61.4 Å². The number of hydrogen-bond donors (Lipinski definition) is 3. The summed E-state index contributed by atoms with van der Waals surface area (Å²) in [5.41, 5.74) is 2.91. The van der Waals surface area contributed by atoms with Gasteiger partial charge in [0, 0.05) is 5.69 Å². The van der Waals surface area contributed by atoms with Crippen LogP contribution < -0.4 is 10.6 Å². The molecule has 0 aromatic heterocycles. The minimum Gasteiger partial charge on any atom is -0.507 e. The van der Waals surface area contributed by atoms with E-state index < -0.39 is 0 Å². The van der Waals surface area contributed by atoms with Crippen molar-refractivity contribution in [1.29, 1.82) is 0 Å². The van der Waals surface area contributed by atoms with Gasteiger partial charge in [0.2, 0.25) is 0 Å². The lowest BCUT2D eigenvalue weighted by molar-refractivity contribution is -0.116. The number of phenols is 1. The molecule has 1 saturated heterocycles. The zero-order valence-corrected chi connectivity index (χ0v) is 15.4. The van der Waals surface area contributed by atoms with Crippen molar-refractivity contribution in [2.45, 2.75) is 18.8 Å². The Morgan fingerprint density at radius 2 is 2.04 bits per heavy atom. The van der Waals surface area contributed by atoms with Gasteiger partial charge in [-0.2, -0.15) is 0 Å². The van der Waals surface area contributed by atoms with Crippen LogP contribution in [0.1, 0.15) is 18.1 Å². The van der Waals surface area contributed by atoms with E-state index in [2.05, 4.69) is 45.6 Å². The van der Waals surface area contributed by atoms with Crippen molar-refractivity contribution in [3.8, 4) is 5.75 Å². The summed E-state index contributed by atoms with van der Waals surface area (Å²) in [5.74, 6) is 0.0719. The molecule has 24 heavy (non-hydrogen) atoms. The van der Waals surface area contributed by atoms with Crippen molar-refractivity contribution >= 4 is 45.4 Å². The number of amides is 1. The summed E-state index contributed by atoms with van der Waals surface area (Å²) in [7, 11) is 0. The SMILES string of the molecule is CCc1ccc(NC2NC(=O)/C(=C/c3ccc(O)c(Br)c3)S2)cc1. The van der Waals surface area contributed by atoms with Gasteiger partial charge in [-0.05, 0) is 63.8 Å². The van der Waals surface area contributed by atoms with Gasteiger partial charge in [-0.3, -0.25) is 4.79 Å². The predicted octanol–water partition coefficient (Wildman–Crippen LogP) is 4.32. The summed E-state index contributed by atoms with van der Waals surface area (Å²) in [4.78, 5) is 12.8. The highest BCUT2D eigenvalue weighted by Gasteiger charge is 2.27. The van der Waals surface area contributed by atoms with Gasteiger partial charge < -0.3 is 15.7 Å². The van der Waals surface area contributed by atoms with Gasteiger partial charge in [0.15, 0.2) is 5.50 Å². The quantitative estimate of drug-likeness (QED) is 0.664. The molecule has 4 nitrogen and oxygen atoms in total. The number of anilines is 1. The summed E-state index contributed by atoms with van der Waals surface area (Å²) in [6.07, 6.45) is 2.82. The molecule has 1 heterocycles. The van der Waals surface area contributed by atoms with Crippen LogP contribution in [0.3, 0.4) is 0 Å². The molecule has 1 fully saturated rings. The largest absolute Gasteiger partial charge is 0.507 e. The third-order valence-electron chi connectivity index (χ3n) is 3.66. The number of phenolic OH excluding ortho intramolecular Hbond substituents is 1. The highest BCUT2D eigenvalue weighted by Crippen LogP contribution is 2.32. The minimum absolute atomic E-state index is 0.105. The number of nitrogens with one attached hydrogen (secondary N) is 2. The lowest BCUT2D eigenvalue weighted by Crippen LogP contribution is -2.30. The van der Waals surface area contributed by atoms with E-state index in [0.29, 0.717) is 9.38 Å². The summed E-state index contributed by atoms with van der Waals surface area (Å²) in [5, 5.41) is 15.7. The van der Waals surface area contributed by atoms with Crippen molar-refractivity contribution in [2.24, 2.45) is 0 Å². The van der Waals surface area contributed by atoms with Crippen LogP contribution in [-0.2, 0) is 11.2 Å². The Kier molecular flexibility index (Phi) is 5.16. The average Bonchev–Trinajstić information content (AvgIpc) is 2.91. The van der Waals surface area contributed by atoms with Crippen LogP contribution in [0.25, 0.3) is 6.08 Å². The standard InChI is InChI=1S/C18H17BrN2O2S/c1-2-11-3-6-13(7-4-11)20-18-21-17(23)16(24-18)10-12-5-8-15(22)14(19)9-12/h3-10,18,20,22H,2H2,1H3,(H,21,23)/b16-10-. The number of aryl methyl sites for hydroxylation is 1. The van der Waals surface area contributed by atoms with Gasteiger partial charge in [-0.1, -0.05) is 36.9 Å². The molecule has 0 radical (unpaired) electrons. The Hall–Kier alpha value is -1.92. The molecule has 3 N–H and O–H groups in total. The number of aromatic hydroxyl groups is 1. The van der Waals surface area contributed by atoms with Gasteiger partial charge >= 0.3 is 0 Å². The maximum absolute atomic E-state index is 12.1. The lowest BCUT2D eigenvalue weighted by atomic mass is 10.1. The molecule has 6 heteroatoms. The Balaban J connectivity index is 1.70. The fourth-order valence-corrected chi connectivity index (χ4v) is 3.70. The number of carbonyl (C=O) groups is 1. The monoisotopic (exact) mass is 404 g/mol. The molecule has 0 aliphatic carbocycles. The molecule has 1 aliphatic rings. The van der Waals surface area contributed by atoms with E-state index in [1.54, 1.807) is 18.2 Å². The van der Waals surface area contributed by atoms with E-state index in [-0.39, 0.29) is 17.2 Å². The number of hydrogen-bond acceptors (Lipinski definition) is 4. The minimum atomic E-state index is -0.197. The third-order valence-corrected chi connectivity index (χ3v) is 5.32. The summed E-state index contributed by atoms with van der Waals surface area (Å²) in [6, 6.07) is 13.3. The second kappa shape index (κ2) is 7.32. The number of benzene rings is 2. The fraction of sp³-hybridized carbons (Fsp3) is 0.167. The summed E-state index contributed by atoms with van der Waals surface area (Å²) in [6.45, 7) is 2.12.